The average Bonchev–Trinajstić information content (AvgIpc) is 2.63. The first-order valence-electron chi connectivity index (χ1n) is 7.77. The third kappa shape index (κ3) is 3.68. The van der Waals surface area contributed by atoms with Crippen molar-refractivity contribution in [3.63, 3.8) is 0 Å². The number of halogens is 1. The fourth-order valence-corrected chi connectivity index (χ4v) is 2.75. The van der Waals surface area contributed by atoms with Gasteiger partial charge in [-0.05, 0) is 17.7 Å². The van der Waals surface area contributed by atoms with E-state index in [1.54, 1.807) is 17.2 Å². The van der Waals surface area contributed by atoms with Gasteiger partial charge in [0, 0.05) is 45.1 Å². The van der Waals surface area contributed by atoms with Gasteiger partial charge in [0.05, 0.1) is 13.3 Å². The summed E-state index contributed by atoms with van der Waals surface area (Å²) in [5.41, 5.74) is 1.25. The minimum absolute atomic E-state index is 0.0989. The van der Waals surface area contributed by atoms with Gasteiger partial charge in [-0.2, -0.15) is 0 Å². The lowest BCUT2D eigenvalue weighted by Crippen LogP contribution is -2.48. The van der Waals surface area contributed by atoms with Crippen LogP contribution in [0.25, 0.3) is 0 Å². The standard InChI is InChI=1S/C17H19FN4O2/c1-24-16-3-2-13(10-14(16)18)12-21-6-8-22(9-7-21)17(23)15-11-19-4-5-20-15/h2-5,10-11H,6-9,12H2,1H3. The molecule has 1 fully saturated rings. The van der Waals surface area contributed by atoms with Crippen molar-refractivity contribution < 1.29 is 13.9 Å². The maximum absolute atomic E-state index is 13.8. The molecule has 0 N–H and O–H groups in total. The van der Waals surface area contributed by atoms with Crippen LogP contribution in [0.4, 0.5) is 4.39 Å². The molecule has 6 nitrogen and oxygen atoms in total. The minimum atomic E-state index is -0.355. The number of ether oxygens (including phenoxy) is 1. The minimum Gasteiger partial charge on any atom is -0.494 e. The van der Waals surface area contributed by atoms with Crippen LogP contribution >= 0.6 is 0 Å². The molecule has 1 aliphatic rings. The Kier molecular flexibility index (Phi) is 5.00. The zero-order valence-corrected chi connectivity index (χ0v) is 13.5. The van der Waals surface area contributed by atoms with Crippen LogP contribution in [0, 0.1) is 5.82 Å². The molecule has 0 atom stereocenters. The number of hydrogen-bond acceptors (Lipinski definition) is 5. The summed E-state index contributed by atoms with van der Waals surface area (Å²) in [6.45, 7) is 3.36. The fraction of sp³-hybridized carbons (Fsp3) is 0.353. The number of carbonyl (C=O) groups excluding carboxylic acids is 1. The van der Waals surface area contributed by atoms with E-state index in [0.717, 1.165) is 18.7 Å². The summed E-state index contributed by atoms with van der Waals surface area (Å²) < 4.78 is 18.7. The van der Waals surface area contributed by atoms with E-state index in [4.69, 9.17) is 4.74 Å². The van der Waals surface area contributed by atoms with E-state index < -0.39 is 0 Å². The van der Waals surface area contributed by atoms with Crippen molar-refractivity contribution in [2.45, 2.75) is 6.54 Å². The maximum Gasteiger partial charge on any atom is 0.274 e. The van der Waals surface area contributed by atoms with Crippen molar-refractivity contribution in [1.82, 2.24) is 19.8 Å². The first-order valence-corrected chi connectivity index (χ1v) is 7.77. The van der Waals surface area contributed by atoms with Gasteiger partial charge in [0.15, 0.2) is 11.6 Å². The molecule has 0 bridgehead atoms. The smallest absolute Gasteiger partial charge is 0.274 e. The number of carbonyl (C=O) groups is 1. The van der Waals surface area contributed by atoms with Crippen LogP contribution in [0.1, 0.15) is 16.1 Å². The normalized spacial score (nSPS) is 15.3. The molecule has 0 unspecified atom stereocenters. The molecule has 1 amide bonds. The van der Waals surface area contributed by atoms with Crippen molar-refractivity contribution in [3.8, 4) is 5.75 Å². The zero-order valence-electron chi connectivity index (χ0n) is 13.5. The maximum atomic E-state index is 13.8. The molecule has 126 valence electrons. The monoisotopic (exact) mass is 330 g/mol. The van der Waals surface area contributed by atoms with E-state index in [9.17, 15) is 9.18 Å². The summed E-state index contributed by atoms with van der Waals surface area (Å²) in [4.78, 5) is 24.3. The van der Waals surface area contributed by atoms with E-state index in [1.807, 2.05) is 6.07 Å². The molecule has 2 heterocycles. The van der Waals surface area contributed by atoms with E-state index >= 15 is 0 Å². The second-order valence-corrected chi connectivity index (χ2v) is 5.63. The second-order valence-electron chi connectivity index (χ2n) is 5.63. The van der Waals surface area contributed by atoms with Crippen LogP contribution in [-0.4, -0.2) is 59.0 Å². The Hall–Kier alpha value is -2.54. The Balaban J connectivity index is 1.55. The van der Waals surface area contributed by atoms with Crippen LogP contribution in [0.3, 0.4) is 0 Å². The van der Waals surface area contributed by atoms with Gasteiger partial charge in [-0.3, -0.25) is 14.7 Å². The topological polar surface area (TPSA) is 58.6 Å². The zero-order chi connectivity index (χ0) is 16.9. The molecular formula is C17H19FN4O2. The van der Waals surface area contributed by atoms with Gasteiger partial charge in [-0.1, -0.05) is 6.07 Å². The van der Waals surface area contributed by atoms with Gasteiger partial charge in [0.2, 0.25) is 0 Å². The average molecular weight is 330 g/mol. The molecule has 0 radical (unpaired) electrons. The fourth-order valence-electron chi connectivity index (χ4n) is 2.75. The largest absolute Gasteiger partial charge is 0.494 e. The lowest BCUT2D eigenvalue weighted by molar-refractivity contribution is 0.0622. The lowest BCUT2D eigenvalue weighted by atomic mass is 10.1. The Bertz CT molecular complexity index is 703. The van der Waals surface area contributed by atoms with Crippen molar-refractivity contribution in [2.75, 3.05) is 33.3 Å². The van der Waals surface area contributed by atoms with Crippen molar-refractivity contribution in [1.29, 1.82) is 0 Å². The molecule has 1 aromatic carbocycles. The highest BCUT2D eigenvalue weighted by Crippen LogP contribution is 2.19. The van der Waals surface area contributed by atoms with Crippen molar-refractivity contribution >= 4 is 5.91 Å². The Morgan fingerprint density at radius 2 is 2.04 bits per heavy atom. The number of methoxy groups -OCH3 is 1. The molecule has 1 aliphatic heterocycles. The van der Waals surface area contributed by atoms with Gasteiger partial charge in [-0.25, -0.2) is 9.37 Å². The summed E-state index contributed by atoms with van der Waals surface area (Å²) in [7, 11) is 1.45. The number of piperazine rings is 1. The summed E-state index contributed by atoms with van der Waals surface area (Å²) in [6.07, 6.45) is 4.54. The summed E-state index contributed by atoms with van der Waals surface area (Å²) in [5, 5.41) is 0. The SMILES string of the molecule is COc1ccc(CN2CCN(C(=O)c3cnccn3)CC2)cc1F. The highest BCUT2D eigenvalue weighted by atomic mass is 19.1. The quantitative estimate of drug-likeness (QED) is 0.852. The molecule has 24 heavy (non-hydrogen) atoms. The van der Waals surface area contributed by atoms with E-state index in [-0.39, 0.29) is 17.5 Å². The number of nitrogens with zero attached hydrogens (tertiary/aromatic N) is 4. The summed E-state index contributed by atoms with van der Waals surface area (Å²) in [5.74, 6) is -0.206. The molecule has 0 spiro atoms. The van der Waals surface area contributed by atoms with Crippen LogP contribution in [0.5, 0.6) is 5.75 Å². The summed E-state index contributed by atoms with van der Waals surface area (Å²) >= 11 is 0. The highest BCUT2D eigenvalue weighted by molar-refractivity contribution is 5.92. The molecule has 0 aliphatic carbocycles. The molecule has 2 aromatic rings. The number of benzene rings is 1. The van der Waals surface area contributed by atoms with Gasteiger partial charge in [0.1, 0.15) is 5.69 Å². The Morgan fingerprint density at radius 1 is 1.25 bits per heavy atom. The van der Waals surface area contributed by atoms with Gasteiger partial charge < -0.3 is 9.64 Å². The highest BCUT2D eigenvalue weighted by Gasteiger charge is 2.23. The van der Waals surface area contributed by atoms with E-state index in [1.165, 1.54) is 25.6 Å². The predicted molar refractivity (Wildman–Crippen MR) is 86.2 cm³/mol. The first kappa shape index (κ1) is 16.3. The van der Waals surface area contributed by atoms with Crippen LogP contribution in [0.2, 0.25) is 0 Å². The molecule has 0 saturated carbocycles. The molecule has 3 rings (SSSR count). The van der Waals surface area contributed by atoms with Crippen LogP contribution in [0.15, 0.2) is 36.8 Å². The molecule has 7 heteroatoms. The van der Waals surface area contributed by atoms with Crippen LogP contribution < -0.4 is 4.74 Å². The van der Waals surface area contributed by atoms with Crippen molar-refractivity contribution in [3.05, 3.63) is 53.9 Å². The Labute approximate surface area is 139 Å². The van der Waals surface area contributed by atoms with Gasteiger partial charge >= 0.3 is 0 Å². The molecular weight excluding hydrogens is 311 g/mol. The lowest BCUT2D eigenvalue weighted by Gasteiger charge is -2.34. The van der Waals surface area contributed by atoms with Gasteiger partial charge in [0.25, 0.3) is 5.91 Å². The number of aromatic nitrogens is 2. The van der Waals surface area contributed by atoms with Gasteiger partial charge in [-0.15, -0.1) is 0 Å². The molecule has 1 aromatic heterocycles. The second kappa shape index (κ2) is 7.35. The predicted octanol–water partition coefficient (Wildman–Crippen LogP) is 1.58. The molecule has 1 saturated heterocycles. The number of amides is 1. The third-order valence-corrected chi connectivity index (χ3v) is 4.06. The summed E-state index contributed by atoms with van der Waals surface area (Å²) in [6, 6.07) is 4.99. The van der Waals surface area contributed by atoms with Crippen LogP contribution in [-0.2, 0) is 6.54 Å². The Morgan fingerprint density at radius 3 is 2.67 bits per heavy atom. The first-order chi connectivity index (χ1) is 11.7. The number of rotatable bonds is 4. The van der Waals surface area contributed by atoms with E-state index in [0.29, 0.717) is 25.3 Å². The van der Waals surface area contributed by atoms with Crippen molar-refractivity contribution in [2.24, 2.45) is 0 Å². The number of hydrogen-bond donors (Lipinski definition) is 0. The van der Waals surface area contributed by atoms with E-state index in [2.05, 4.69) is 14.9 Å². The third-order valence-electron chi connectivity index (χ3n) is 4.06.